The number of benzene rings is 2. The van der Waals surface area contributed by atoms with Crippen LogP contribution in [0, 0.1) is 5.82 Å². The molecule has 0 unspecified atom stereocenters. The highest BCUT2D eigenvalue weighted by Gasteiger charge is 2.12. The number of amides is 1. The zero-order valence-electron chi connectivity index (χ0n) is 16.6. The lowest BCUT2D eigenvalue weighted by molar-refractivity contribution is 0.0952. The summed E-state index contributed by atoms with van der Waals surface area (Å²) >= 11 is 1.10. The molecule has 0 radical (unpaired) electrons. The molecule has 2 aromatic carbocycles. The van der Waals surface area contributed by atoms with Gasteiger partial charge in [0.15, 0.2) is 5.65 Å². The lowest BCUT2D eigenvalue weighted by Gasteiger charge is -2.08. The van der Waals surface area contributed by atoms with Crippen molar-refractivity contribution in [1.29, 1.82) is 0 Å². The van der Waals surface area contributed by atoms with Gasteiger partial charge in [0.05, 0.1) is 31.0 Å². The Bertz CT molecular complexity index is 1510. The monoisotopic (exact) mass is 449 g/mol. The van der Waals surface area contributed by atoms with E-state index < -0.39 is 0 Å². The average Bonchev–Trinajstić information content (AvgIpc) is 3.42. The predicted molar refractivity (Wildman–Crippen MR) is 117 cm³/mol. The molecule has 9 nitrogen and oxygen atoms in total. The Morgan fingerprint density at radius 2 is 2.00 bits per heavy atom. The smallest absolute Gasteiger partial charge is 0.264 e. The molecule has 5 rings (SSSR count). The number of nitrogens with one attached hydrogen (secondary N) is 1. The van der Waals surface area contributed by atoms with Crippen molar-refractivity contribution in [3.05, 3.63) is 82.3 Å². The van der Waals surface area contributed by atoms with Crippen LogP contribution in [0.3, 0.4) is 0 Å². The number of rotatable bonds is 6. The van der Waals surface area contributed by atoms with Crippen molar-refractivity contribution < 1.29 is 9.18 Å². The first-order chi connectivity index (χ1) is 15.6. The van der Waals surface area contributed by atoms with Crippen LogP contribution in [0.15, 0.2) is 59.8 Å². The van der Waals surface area contributed by atoms with Crippen LogP contribution >= 0.6 is 11.7 Å². The standard InChI is InChI=1S/C21H16FN7O2S/c22-15-3-1-2-13(8-15)11-28-12-24-19-16(21(28)31)10-25-29(19)7-6-23-20(30)14-4-5-17-18(9-14)27-32-26-17/h1-5,8-10,12H,6-7,11H2,(H,23,30). The molecule has 0 aliphatic heterocycles. The maximum absolute atomic E-state index is 13.4. The number of carbonyl (C=O) groups excluding carboxylic acids is 1. The minimum atomic E-state index is -0.359. The molecule has 0 aliphatic rings. The zero-order chi connectivity index (χ0) is 22.1. The number of hydrogen-bond donors (Lipinski definition) is 1. The van der Waals surface area contributed by atoms with Gasteiger partial charge in [-0.3, -0.25) is 14.2 Å². The molecule has 0 spiro atoms. The number of halogens is 1. The Hall–Kier alpha value is -3.99. The Labute approximate surface area is 184 Å². The van der Waals surface area contributed by atoms with Gasteiger partial charge in [-0.2, -0.15) is 13.8 Å². The normalized spacial score (nSPS) is 11.3. The molecule has 0 saturated heterocycles. The second-order valence-corrected chi connectivity index (χ2v) is 7.66. The third-order valence-electron chi connectivity index (χ3n) is 4.99. The summed E-state index contributed by atoms with van der Waals surface area (Å²) in [4.78, 5) is 29.5. The average molecular weight is 449 g/mol. The first-order valence-corrected chi connectivity index (χ1v) is 10.5. The van der Waals surface area contributed by atoms with E-state index in [1.165, 1.54) is 29.2 Å². The highest BCUT2D eigenvalue weighted by Crippen LogP contribution is 2.13. The molecule has 0 fully saturated rings. The van der Waals surface area contributed by atoms with Gasteiger partial charge in [-0.25, -0.2) is 14.1 Å². The predicted octanol–water partition coefficient (Wildman–Crippen LogP) is 2.22. The van der Waals surface area contributed by atoms with Gasteiger partial charge in [0.25, 0.3) is 11.5 Å². The molecule has 0 aliphatic carbocycles. The molecular formula is C21H16FN7O2S. The third kappa shape index (κ3) is 3.85. The zero-order valence-corrected chi connectivity index (χ0v) is 17.4. The molecule has 11 heteroatoms. The van der Waals surface area contributed by atoms with Crippen LogP contribution in [0.4, 0.5) is 4.39 Å². The highest BCUT2D eigenvalue weighted by molar-refractivity contribution is 7.00. The lowest BCUT2D eigenvalue weighted by atomic mass is 10.2. The second kappa shape index (κ2) is 8.27. The third-order valence-corrected chi connectivity index (χ3v) is 5.55. The fourth-order valence-corrected chi connectivity index (χ4v) is 3.92. The van der Waals surface area contributed by atoms with Gasteiger partial charge in [-0.05, 0) is 35.9 Å². The molecule has 0 saturated carbocycles. The van der Waals surface area contributed by atoms with E-state index in [4.69, 9.17) is 0 Å². The van der Waals surface area contributed by atoms with Crippen LogP contribution in [-0.2, 0) is 13.1 Å². The van der Waals surface area contributed by atoms with Gasteiger partial charge in [0, 0.05) is 12.1 Å². The molecule has 0 bridgehead atoms. The van der Waals surface area contributed by atoms with Gasteiger partial charge >= 0.3 is 0 Å². The van der Waals surface area contributed by atoms with E-state index in [1.54, 1.807) is 35.0 Å². The summed E-state index contributed by atoms with van der Waals surface area (Å²) in [5.74, 6) is -0.593. The summed E-state index contributed by atoms with van der Waals surface area (Å²) in [7, 11) is 0. The molecule has 32 heavy (non-hydrogen) atoms. The van der Waals surface area contributed by atoms with Crippen molar-refractivity contribution in [3.8, 4) is 0 Å². The van der Waals surface area contributed by atoms with Crippen molar-refractivity contribution >= 4 is 39.7 Å². The number of fused-ring (bicyclic) bond motifs is 2. The van der Waals surface area contributed by atoms with Crippen LogP contribution in [0.25, 0.3) is 22.1 Å². The van der Waals surface area contributed by atoms with Gasteiger partial charge < -0.3 is 5.32 Å². The molecule has 3 heterocycles. The Balaban J connectivity index is 1.28. The Kier molecular flexibility index (Phi) is 5.15. The van der Waals surface area contributed by atoms with E-state index in [2.05, 4.69) is 24.1 Å². The summed E-state index contributed by atoms with van der Waals surface area (Å²) in [6.45, 7) is 0.854. The van der Waals surface area contributed by atoms with Crippen molar-refractivity contribution in [3.63, 3.8) is 0 Å². The van der Waals surface area contributed by atoms with Gasteiger partial charge in [0.2, 0.25) is 0 Å². The maximum atomic E-state index is 13.4. The second-order valence-electron chi connectivity index (χ2n) is 7.14. The van der Waals surface area contributed by atoms with Gasteiger partial charge in [0.1, 0.15) is 28.6 Å². The van der Waals surface area contributed by atoms with Crippen LogP contribution in [0.1, 0.15) is 15.9 Å². The summed E-state index contributed by atoms with van der Waals surface area (Å²) in [6.07, 6.45) is 2.88. The SMILES string of the molecule is O=C(NCCn1ncc2c(=O)n(Cc3cccc(F)c3)cnc21)c1ccc2nsnc2c1. The van der Waals surface area contributed by atoms with Gasteiger partial charge in [-0.1, -0.05) is 12.1 Å². The molecule has 1 amide bonds. The topological polar surface area (TPSA) is 108 Å². The first kappa shape index (κ1) is 19.9. The molecule has 3 aromatic heterocycles. The molecular weight excluding hydrogens is 433 g/mol. The number of hydrogen-bond acceptors (Lipinski definition) is 7. The van der Waals surface area contributed by atoms with E-state index in [9.17, 15) is 14.0 Å². The summed E-state index contributed by atoms with van der Waals surface area (Å²) < 4.78 is 24.7. The Morgan fingerprint density at radius 1 is 1.12 bits per heavy atom. The summed E-state index contributed by atoms with van der Waals surface area (Å²) in [5.41, 5.74) is 2.75. The van der Waals surface area contributed by atoms with Crippen LogP contribution in [0.2, 0.25) is 0 Å². The fourth-order valence-electron chi connectivity index (χ4n) is 3.41. The van der Waals surface area contributed by atoms with Crippen LogP contribution in [-0.4, -0.2) is 40.5 Å². The fraction of sp³-hybridized carbons (Fsp3) is 0.143. The highest BCUT2D eigenvalue weighted by atomic mass is 32.1. The minimum Gasteiger partial charge on any atom is -0.350 e. The molecule has 1 N–H and O–H groups in total. The quantitative estimate of drug-likeness (QED) is 0.426. The molecule has 0 atom stereocenters. The number of aromatic nitrogens is 6. The lowest BCUT2D eigenvalue weighted by Crippen LogP contribution is -2.27. The summed E-state index contributed by atoms with van der Waals surface area (Å²) in [6, 6.07) is 11.2. The molecule has 160 valence electrons. The maximum Gasteiger partial charge on any atom is 0.264 e. The van der Waals surface area contributed by atoms with Crippen molar-refractivity contribution in [2.75, 3.05) is 6.54 Å². The largest absolute Gasteiger partial charge is 0.350 e. The van der Waals surface area contributed by atoms with Crippen molar-refractivity contribution in [1.82, 2.24) is 33.4 Å². The van der Waals surface area contributed by atoms with E-state index >= 15 is 0 Å². The molecule has 5 aromatic rings. The first-order valence-electron chi connectivity index (χ1n) is 9.74. The van der Waals surface area contributed by atoms with Crippen molar-refractivity contribution in [2.24, 2.45) is 0 Å². The van der Waals surface area contributed by atoms with Crippen molar-refractivity contribution in [2.45, 2.75) is 13.1 Å². The summed E-state index contributed by atoms with van der Waals surface area (Å²) in [5, 5.41) is 7.42. The Morgan fingerprint density at radius 3 is 2.88 bits per heavy atom. The van der Waals surface area contributed by atoms with E-state index in [-0.39, 0.29) is 23.8 Å². The van der Waals surface area contributed by atoms with Gasteiger partial charge in [-0.15, -0.1) is 0 Å². The van der Waals surface area contributed by atoms with E-state index in [0.717, 1.165) is 17.2 Å². The van der Waals surface area contributed by atoms with Crippen LogP contribution in [0.5, 0.6) is 0 Å². The number of carbonyl (C=O) groups is 1. The van der Waals surface area contributed by atoms with Crippen LogP contribution < -0.4 is 10.9 Å². The van der Waals surface area contributed by atoms with E-state index in [0.29, 0.717) is 40.8 Å². The number of nitrogens with zero attached hydrogens (tertiary/aromatic N) is 6. The minimum absolute atomic E-state index is 0.208. The van der Waals surface area contributed by atoms with E-state index in [1.807, 2.05) is 0 Å².